The van der Waals surface area contributed by atoms with E-state index in [1.54, 1.807) is 18.2 Å². The van der Waals surface area contributed by atoms with Crippen LogP contribution in [0.4, 0.5) is 17.1 Å². The van der Waals surface area contributed by atoms with E-state index >= 15 is 0 Å². The third-order valence-electron chi connectivity index (χ3n) is 2.55. The second kappa shape index (κ2) is 5.59. The largest absolute Gasteiger partial charge is 0.397 e. The lowest BCUT2D eigenvalue weighted by Crippen LogP contribution is -1.97. The molecule has 0 aliphatic heterocycles. The first-order chi connectivity index (χ1) is 9.13. The Morgan fingerprint density at radius 3 is 2.37 bits per heavy atom. The van der Waals surface area contributed by atoms with E-state index < -0.39 is 0 Å². The van der Waals surface area contributed by atoms with E-state index in [4.69, 9.17) is 16.3 Å². The molecular weight excluding hydrogens is 351 g/mol. The van der Waals surface area contributed by atoms with Crippen LogP contribution in [0, 0.1) is 26.2 Å². The van der Waals surface area contributed by atoms with Crippen molar-refractivity contribution in [3.63, 3.8) is 0 Å². The van der Waals surface area contributed by atoms with Gasteiger partial charge in [-0.3, -0.25) is 0 Å². The molecule has 0 saturated heterocycles. The van der Waals surface area contributed by atoms with Gasteiger partial charge in [0.1, 0.15) is 12.1 Å². The third kappa shape index (κ3) is 2.95. The molecule has 0 saturated carbocycles. The number of nitrogen functional groups attached to an aromatic ring is 1. The summed E-state index contributed by atoms with van der Waals surface area (Å²) in [6.45, 7) is 0. The maximum atomic E-state index is 8.98. The van der Waals surface area contributed by atoms with Crippen LogP contribution in [0.15, 0.2) is 36.4 Å². The Labute approximate surface area is 124 Å². The third-order valence-corrected chi connectivity index (χ3v) is 3.22. The average Bonchev–Trinajstić information content (AvgIpc) is 2.41. The van der Waals surface area contributed by atoms with Gasteiger partial charge in [0.15, 0.2) is 0 Å². The molecule has 0 fully saturated rings. The van der Waals surface area contributed by atoms with Crippen LogP contribution in [0.3, 0.4) is 0 Å². The first-order valence-corrected chi connectivity index (χ1v) is 6.48. The van der Waals surface area contributed by atoms with Crippen LogP contribution in [-0.4, -0.2) is 0 Å². The van der Waals surface area contributed by atoms with E-state index in [9.17, 15) is 0 Å². The van der Waals surface area contributed by atoms with Gasteiger partial charge in [-0.05, 0) is 59.0 Å². The molecule has 0 bridgehead atoms. The van der Waals surface area contributed by atoms with Gasteiger partial charge in [0, 0.05) is 9.26 Å². The van der Waals surface area contributed by atoms with Crippen molar-refractivity contribution in [3.05, 3.63) is 51.1 Å². The molecule has 92 valence electrons. The average molecular weight is 360 g/mol. The molecule has 0 spiro atoms. The highest BCUT2D eigenvalue weighted by Gasteiger charge is 2.05. The van der Waals surface area contributed by atoms with E-state index in [2.05, 4.69) is 27.9 Å². The molecule has 0 unspecified atom stereocenters. The molecule has 19 heavy (non-hydrogen) atoms. The van der Waals surface area contributed by atoms with Crippen molar-refractivity contribution < 1.29 is 0 Å². The number of benzene rings is 2. The molecular formula is C14H9IN4. The Kier molecular flexibility index (Phi) is 3.88. The van der Waals surface area contributed by atoms with E-state index in [1.165, 1.54) is 0 Å². The number of anilines is 3. The van der Waals surface area contributed by atoms with Gasteiger partial charge in [0.2, 0.25) is 0 Å². The van der Waals surface area contributed by atoms with Gasteiger partial charge in [0.25, 0.3) is 0 Å². The van der Waals surface area contributed by atoms with Gasteiger partial charge in [-0.1, -0.05) is 0 Å². The van der Waals surface area contributed by atoms with E-state index in [0.29, 0.717) is 16.8 Å². The van der Waals surface area contributed by atoms with Crippen molar-refractivity contribution in [2.75, 3.05) is 11.1 Å². The summed E-state index contributed by atoms with van der Waals surface area (Å²) in [6, 6.07) is 14.7. The predicted molar refractivity (Wildman–Crippen MR) is 82.7 cm³/mol. The number of halogens is 1. The minimum atomic E-state index is 0.344. The smallest absolute Gasteiger partial charge is 0.101 e. The van der Waals surface area contributed by atoms with Crippen molar-refractivity contribution >= 4 is 39.7 Å². The van der Waals surface area contributed by atoms with Crippen molar-refractivity contribution in [1.82, 2.24) is 0 Å². The molecule has 0 aliphatic rings. The molecule has 3 N–H and O–H groups in total. The molecule has 0 atom stereocenters. The van der Waals surface area contributed by atoms with Crippen LogP contribution in [0.1, 0.15) is 11.1 Å². The normalized spacial score (nSPS) is 9.42. The summed E-state index contributed by atoms with van der Waals surface area (Å²) in [4.78, 5) is 0. The lowest BCUT2D eigenvalue weighted by Gasteiger charge is -2.10. The van der Waals surface area contributed by atoms with Crippen LogP contribution in [0.2, 0.25) is 0 Å². The van der Waals surface area contributed by atoms with Crippen LogP contribution in [0.25, 0.3) is 0 Å². The number of rotatable bonds is 2. The fraction of sp³-hybridized carbons (Fsp3) is 0. The van der Waals surface area contributed by atoms with Crippen molar-refractivity contribution in [1.29, 1.82) is 10.5 Å². The monoisotopic (exact) mass is 360 g/mol. The highest BCUT2D eigenvalue weighted by atomic mass is 127. The number of hydrogen-bond donors (Lipinski definition) is 2. The number of nitrogens with two attached hydrogens (primary N) is 1. The maximum Gasteiger partial charge on any atom is 0.101 e. The van der Waals surface area contributed by atoms with Gasteiger partial charge < -0.3 is 11.1 Å². The number of hydrogen-bond acceptors (Lipinski definition) is 4. The molecule has 0 heterocycles. The quantitative estimate of drug-likeness (QED) is 0.635. The minimum absolute atomic E-state index is 0.344. The molecule has 2 aromatic carbocycles. The van der Waals surface area contributed by atoms with Crippen LogP contribution < -0.4 is 11.1 Å². The molecule has 0 aromatic heterocycles. The molecule has 0 radical (unpaired) electrons. The highest BCUT2D eigenvalue weighted by molar-refractivity contribution is 14.1. The van der Waals surface area contributed by atoms with Gasteiger partial charge in [-0.2, -0.15) is 10.5 Å². The number of nitrogens with zero attached hydrogens (tertiary/aromatic N) is 2. The Balaban J connectivity index is 2.34. The summed E-state index contributed by atoms with van der Waals surface area (Å²) in [7, 11) is 0. The number of nitrogens with one attached hydrogen (secondary N) is 1. The van der Waals surface area contributed by atoms with Crippen LogP contribution in [0.5, 0.6) is 0 Å². The van der Waals surface area contributed by atoms with Crippen molar-refractivity contribution in [2.45, 2.75) is 0 Å². The lowest BCUT2D eigenvalue weighted by molar-refractivity contribution is 1.42. The first kappa shape index (κ1) is 13.2. The predicted octanol–water partition coefficient (Wildman–Crippen LogP) is 3.36. The fourth-order valence-electron chi connectivity index (χ4n) is 1.61. The van der Waals surface area contributed by atoms with E-state index in [1.807, 2.05) is 30.3 Å². The summed E-state index contributed by atoms with van der Waals surface area (Å²) in [6.07, 6.45) is 0. The molecule has 0 amide bonds. The summed E-state index contributed by atoms with van der Waals surface area (Å²) >= 11 is 2.19. The number of nitriles is 2. The van der Waals surface area contributed by atoms with Crippen molar-refractivity contribution in [2.24, 2.45) is 0 Å². The molecule has 2 aromatic rings. The SMILES string of the molecule is N#Cc1ccc(Nc2ccc(I)cc2N)cc1C#N. The molecule has 4 nitrogen and oxygen atoms in total. The van der Waals surface area contributed by atoms with Gasteiger partial charge in [0.05, 0.1) is 22.5 Å². The van der Waals surface area contributed by atoms with E-state index in [0.717, 1.165) is 14.9 Å². The second-order valence-electron chi connectivity index (χ2n) is 3.84. The molecule has 5 heteroatoms. The first-order valence-electron chi connectivity index (χ1n) is 5.40. The maximum absolute atomic E-state index is 8.98. The van der Waals surface area contributed by atoms with Crippen molar-refractivity contribution in [3.8, 4) is 12.1 Å². The van der Waals surface area contributed by atoms with E-state index in [-0.39, 0.29) is 0 Å². The summed E-state index contributed by atoms with van der Waals surface area (Å²) < 4.78 is 1.05. The Morgan fingerprint density at radius 2 is 1.74 bits per heavy atom. The lowest BCUT2D eigenvalue weighted by atomic mass is 10.1. The topological polar surface area (TPSA) is 85.6 Å². The molecule has 2 rings (SSSR count). The highest BCUT2D eigenvalue weighted by Crippen LogP contribution is 2.25. The Bertz CT molecular complexity index is 710. The van der Waals surface area contributed by atoms with Gasteiger partial charge in [-0.25, -0.2) is 0 Å². The summed E-state index contributed by atoms with van der Waals surface area (Å²) in [5, 5.41) is 21.0. The van der Waals surface area contributed by atoms with Gasteiger partial charge in [-0.15, -0.1) is 0 Å². The zero-order chi connectivity index (χ0) is 13.8. The minimum Gasteiger partial charge on any atom is -0.397 e. The zero-order valence-corrected chi connectivity index (χ0v) is 12.0. The Hall–Kier alpha value is -2.25. The summed E-state index contributed by atoms with van der Waals surface area (Å²) in [5.41, 5.74) is 8.75. The van der Waals surface area contributed by atoms with Crippen LogP contribution >= 0.6 is 22.6 Å². The second-order valence-corrected chi connectivity index (χ2v) is 5.09. The zero-order valence-electron chi connectivity index (χ0n) is 9.81. The fourth-order valence-corrected chi connectivity index (χ4v) is 2.13. The standard InChI is InChI=1S/C14H9IN4/c15-11-2-4-14(13(18)6-11)19-12-3-1-9(7-16)10(5-12)8-17/h1-6,19H,18H2. The summed E-state index contributed by atoms with van der Waals surface area (Å²) in [5.74, 6) is 0. The molecule has 0 aliphatic carbocycles. The van der Waals surface area contributed by atoms with Crippen LogP contribution in [-0.2, 0) is 0 Å². The van der Waals surface area contributed by atoms with Gasteiger partial charge >= 0.3 is 0 Å². The Morgan fingerprint density at radius 1 is 1.00 bits per heavy atom.